The fraction of sp³-hybridized carbons (Fsp3) is 0.375. The molecule has 5 atom stereocenters. The van der Waals surface area contributed by atoms with E-state index < -0.39 is 0 Å². The number of ether oxygens (including phenoxy) is 3. The van der Waals surface area contributed by atoms with E-state index in [1.165, 1.54) is 0 Å². The van der Waals surface area contributed by atoms with E-state index in [4.69, 9.17) is 14.2 Å². The lowest BCUT2D eigenvalue weighted by molar-refractivity contribution is -0.145. The van der Waals surface area contributed by atoms with Crippen molar-refractivity contribution < 1.29 is 28.6 Å². The predicted molar refractivity (Wildman–Crippen MR) is 111 cm³/mol. The molecule has 0 unspecified atom stereocenters. The maximum Gasteiger partial charge on any atom is 0.310 e. The zero-order valence-corrected chi connectivity index (χ0v) is 17.1. The quantitative estimate of drug-likeness (QED) is 0.546. The van der Waals surface area contributed by atoms with E-state index in [0.29, 0.717) is 22.7 Å². The van der Waals surface area contributed by atoms with E-state index >= 15 is 0 Å². The van der Waals surface area contributed by atoms with E-state index in [9.17, 15) is 14.4 Å². The minimum absolute atomic E-state index is 0.0164. The number of hydrogen-bond donors (Lipinski definition) is 1. The Labute approximate surface area is 179 Å². The van der Waals surface area contributed by atoms with Gasteiger partial charge in [0.2, 0.25) is 5.91 Å². The molecule has 2 bridgehead atoms. The van der Waals surface area contributed by atoms with Crippen molar-refractivity contribution in [2.75, 3.05) is 19.0 Å². The third-order valence-electron chi connectivity index (χ3n) is 6.67. The van der Waals surface area contributed by atoms with Crippen molar-refractivity contribution in [3.8, 4) is 11.5 Å². The van der Waals surface area contributed by atoms with Gasteiger partial charge in [-0.05, 0) is 55.2 Å². The standard InChI is InChI=1S/C24H23NO6/c1-29-17-4-2-3-13(9-17)19(26)12-30-16-7-5-15(6-8-16)25-23(27)21-14-10-18-20(11-14)31-24(28)22(18)21/h2-9,14,18,20-22H,10-12H2,1H3,(H,25,27)/t14-,18-,20-,21-,22+/m1/s1. The van der Waals surface area contributed by atoms with Gasteiger partial charge in [0.25, 0.3) is 0 Å². The summed E-state index contributed by atoms with van der Waals surface area (Å²) in [5.74, 6) is 0.439. The van der Waals surface area contributed by atoms with E-state index in [1.54, 1.807) is 55.6 Å². The molecule has 3 fully saturated rings. The zero-order valence-electron chi connectivity index (χ0n) is 17.1. The molecule has 0 radical (unpaired) electrons. The Morgan fingerprint density at radius 3 is 2.68 bits per heavy atom. The molecule has 0 spiro atoms. The first-order chi connectivity index (χ1) is 15.0. The Kier molecular flexibility index (Phi) is 4.88. The maximum atomic E-state index is 12.8. The van der Waals surface area contributed by atoms with Crippen LogP contribution in [0.2, 0.25) is 0 Å². The number of methoxy groups -OCH3 is 1. The number of fused-ring (bicyclic) bond motifs is 1. The molecule has 2 aromatic rings. The highest BCUT2D eigenvalue weighted by atomic mass is 16.6. The van der Waals surface area contributed by atoms with Crippen molar-refractivity contribution in [1.29, 1.82) is 0 Å². The van der Waals surface area contributed by atoms with Crippen LogP contribution < -0.4 is 14.8 Å². The molecule has 1 aliphatic heterocycles. The molecule has 1 heterocycles. The molecule has 2 saturated carbocycles. The molecule has 1 saturated heterocycles. The van der Waals surface area contributed by atoms with Gasteiger partial charge in [0.05, 0.1) is 18.9 Å². The molecule has 5 rings (SSSR count). The lowest BCUT2D eigenvalue weighted by Gasteiger charge is -2.23. The highest BCUT2D eigenvalue weighted by Crippen LogP contribution is 2.57. The fourth-order valence-corrected chi connectivity index (χ4v) is 5.25. The summed E-state index contributed by atoms with van der Waals surface area (Å²) in [4.78, 5) is 37.3. The van der Waals surface area contributed by atoms with Crippen molar-refractivity contribution in [3.63, 3.8) is 0 Å². The number of esters is 1. The molecule has 31 heavy (non-hydrogen) atoms. The monoisotopic (exact) mass is 421 g/mol. The van der Waals surface area contributed by atoms with Gasteiger partial charge >= 0.3 is 5.97 Å². The Hall–Kier alpha value is -3.35. The summed E-state index contributed by atoms with van der Waals surface area (Å²) in [6.07, 6.45) is 1.70. The number of benzene rings is 2. The van der Waals surface area contributed by atoms with Crippen LogP contribution in [0.15, 0.2) is 48.5 Å². The van der Waals surface area contributed by atoms with Crippen LogP contribution in [0.25, 0.3) is 0 Å². The van der Waals surface area contributed by atoms with E-state index in [1.807, 2.05) is 0 Å². The molecule has 2 aromatic carbocycles. The molecule has 1 N–H and O–H groups in total. The summed E-state index contributed by atoms with van der Waals surface area (Å²) in [5, 5.41) is 2.92. The van der Waals surface area contributed by atoms with Gasteiger partial charge in [0.15, 0.2) is 12.4 Å². The second-order valence-electron chi connectivity index (χ2n) is 8.38. The third-order valence-corrected chi connectivity index (χ3v) is 6.67. The summed E-state index contributed by atoms with van der Waals surface area (Å²) in [7, 11) is 1.55. The first-order valence-corrected chi connectivity index (χ1v) is 10.4. The highest BCUT2D eigenvalue weighted by Gasteiger charge is 2.63. The Bertz CT molecular complexity index is 1030. The topological polar surface area (TPSA) is 90.9 Å². The molecular weight excluding hydrogens is 398 g/mol. The molecule has 7 nitrogen and oxygen atoms in total. The third kappa shape index (κ3) is 3.54. The summed E-state index contributed by atoms with van der Waals surface area (Å²) >= 11 is 0. The summed E-state index contributed by atoms with van der Waals surface area (Å²) in [6, 6.07) is 13.8. The van der Waals surface area contributed by atoms with Crippen molar-refractivity contribution in [2.45, 2.75) is 18.9 Å². The lowest BCUT2D eigenvalue weighted by atomic mass is 9.79. The summed E-state index contributed by atoms with van der Waals surface area (Å²) in [5.41, 5.74) is 1.14. The maximum absolute atomic E-state index is 12.8. The average Bonchev–Trinajstić information content (AvgIpc) is 3.41. The van der Waals surface area contributed by atoms with Crippen molar-refractivity contribution in [2.24, 2.45) is 23.7 Å². The largest absolute Gasteiger partial charge is 0.497 e. The number of amides is 1. The van der Waals surface area contributed by atoms with Crippen LogP contribution in [0.1, 0.15) is 23.2 Å². The van der Waals surface area contributed by atoms with E-state index in [0.717, 1.165) is 12.8 Å². The molecule has 3 aliphatic rings. The molecule has 160 valence electrons. The first-order valence-electron chi connectivity index (χ1n) is 10.4. The first kappa shape index (κ1) is 19.6. The smallest absolute Gasteiger partial charge is 0.310 e. The van der Waals surface area contributed by atoms with Crippen molar-refractivity contribution in [1.82, 2.24) is 0 Å². The van der Waals surface area contributed by atoms with Gasteiger partial charge in [-0.3, -0.25) is 14.4 Å². The second-order valence-corrected chi connectivity index (χ2v) is 8.38. The predicted octanol–water partition coefficient (Wildman–Crippen LogP) is 3.09. The minimum Gasteiger partial charge on any atom is -0.497 e. The number of hydrogen-bond acceptors (Lipinski definition) is 6. The minimum atomic E-state index is -0.312. The molecule has 0 aromatic heterocycles. The van der Waals surface area contributed by atoms with Gasteiger partial charge in [-0.25, -0.2) is 0 Å². The van der Waals surface area contributed by atoms with Crippen LogP contribution in [0.4, 0.5) is 5.69 Å². The molecular formula is C24H23NO6. The van der Waals surface area contributed by atoms with Gasteiger partial charge in [-0.15, -0.1) is 0 Å². The number of Topliss-reactive ketones (excluding diaryl/α,β-unsaturated/α-hetero) is 1. The normalized spacial score (nSPS) is 27.6. The Morgan fingerprint density at radius 1 is 1.10 bits per heavy atom. The lowest BCUT2D eigenvalue weighted by Crippen LogP contribution is -2.35. The van der Waals surface area contributed by atoms with Gasteiger partial charge in [-0.1, -0.05) is 12.1 Å². The van der Waals surface area contributed by atoms with Crippen molar-refractivity contribution in [3.05, 3.63) is 54.1 Å². The van der Waals surface area contributed by atoms with Crippen LogP contribution in [-0.4, -0.2) is 37.5 Å². The van der Waals surface area contributed by atoms with Gasteiger partial charge in [0, 0.05) is 17.2 Å². The van der Waals surface area contributed by atoms with Crippen LogP contribution in [0, 0.1) is 23.7 Å². The van der Waals surface area contributed by atoms with Gasteiger partial charge in [0.1, 0.15) is 17.6 Å². The SMILES string of the molecule is COc1cccc(C(=O)COc2ccc(NC(=O)[C@@H]3[C@@H]4C[C@H]5[C@@H]3C(=O)O[C@@H]5C4)cc2)c1. The number of carbonyl (C=O) groups excluding carboxylic acids is 3. The van der Waals surface area contributed by atoms with Crippen LogP contribution in [0.5, 0.6) is 11.5 Å². The number of carbonyl (C=O) groups is 3. The van der Waals surface area contributed by atoms with E-state index in [-0.39, 0.29) is 54.0 Å². The van der Waals surface area contributed by atoms with E-state index in [2.05, 4.69) is 5.32 Å². The number of nitrogens with one attached hydrogen (secondary N) is 1. The Balaban J connectivity index is 1.17. The second kappa shape index (κ2) is 7.72. The van der Waals surface area contributed by atoms with Crippen LogP contribution in [-0.2, 0) is 14.3 Å². The number of rotatable bonds is 7. The van der Waals surface area contributed by atoms with Crippen molar-refractivity contribution >= 4 is 23.3 Å². The van der Waals surface area contributed by atoms with Gasteiger partial charge < -0.3 is 19.5 Å². The number of anilines is 1. The summed E-state index contributed by atoms with van der Waals surface area (Å²) in [6.45, 7) is -0.102. The van der Waals surface area contributed by atoms with Crippen LogP contribution >= 0.6 is 0 Å². The Morgan fingerprint density at radius 2 is 1.90 bits per heavy atom. The summed E-state index contributed by atoms with van der Waals surface area (Å²) < 4.78 is 16.1. The molecule has 2 aliphatic carbocycles. The highest BCUT2D eigenvalue weighted by molar-refractivity contribution is 5.98. The van der Waals surface area contributed by atoms with Gasteiger partial charge in [-0.2, -0.15) is 0 Å². The molecule has 7 heteroatoms. The zero-order chi connectivity index (χ0) is 21.5. The van der Waals surface area contributed by atoms with Crippen LogP contribution in [0.3, 0.4) is 0 Å². The molecule has 1 amide bonds. The number of ketones is 1. The fourth-order valence-electron chi connectivity index (χ4n) is 5.25. The average molecular weight is 421 g/mol.